The third-order valence-corrected chi connectivity index (χ3v) is 4.07. The van der Waals surface area contributed by atoms with Gasteiger partial charge in [0.2, 0.25) is 5.91 Å². The molecule has 4 nitrogen and oxygen atoms in total. The number of nitrogens with one attached hydrogen (secondary N) is 1. The smallest absolute Gasteiger partial charge is 0.244 e. The average Bonchev–Trinajstić information content (AvgIpc) is 2.63. The second kappa shape index (κ2) is 7.62. The highest BCUT2D eigenvalue weighted by molar-refractivity contribution is 5.90. The normalized spacial score (nSPS) is 11.0. The first-order valence-corrected chi connectivity index (χ1v) is 8.10. The first-order chi connectivity index (χ1) is 12.2. The summed E-state index contributed by atoms with van der Waals surface area (Å²) in [6.07, 6.45) is 1.90. The summed E-state index contributed by atoms with van der Waals surface area (Å²) in [5.41, 5.74) is 5.50. The molecule has 0 aromatic heterocycles. The molecule has 0 heterocycles. The number of ether oxygens (including phenoxy) is 1. The predicted octanol–water partition coefficient (Wildman–Crippen LogP) is 3.85. The monoisotopic (exact) mass is 332 g/mol. The van der Waals surface area contributed by atoms with Crippen LogP contribution in [0.2, 0.25) is 0 Å². The topological polar surface area (TPSA) is 50.7 Å². The van der Waals surface area contributed by atoms with Gasteiger partial charge < -0.3 is 4.74 Å². The first kappa shape index (κ1) is 16.7. The summed E-state index contributed by atoms with van der Waals surface area (Å²) in [6.45, 7) is 1.98. The Hall–Kier alpha value is -3.14. The molecule has 1 N–H and O–H groups in total. The van der Waals surface area contributed by atoms with Crippen LogP contribution in [0, 0.1) is 6.92 Å². The van der Waals surface area contributed by atoms with Crippen LogP contribution in [0.3, 0.4) is 0 Å². The molecular weight excluding hydrogens is 312 g/mol. The summed E-state index contributed by atoms with van der Waals surface area (Å²) in [7, 11) is 1.63. The molecule has 0 aliphatic carbocycles. The fraction of sp³-hybridized carbons (Fsp3) is 0.143. The first-order valence-electron chi connectivity index (χ1n) is 8.10. The second-order valence-corrected chi connectivity index (χ2v) is 5.84. The Labute approximate surface area is 147 Å². The number of nitrogens with zero attached hydrogens (tertiary/aromatic N) is 1. The lowest BCUT2D eigenvalue weighted by atomic mass is 10.0. The Morgan fingerprint density at radius 3 is 2.76 bits per heavy atom. The summed E-state index contributed by atoms with van der Waals surface area (Å²) in [6, 6.07) is 19.8. The van der Waals surface area contributed by atoms with Gasteiger partial charge in [0, 0.05) is 0 Å². The summed E-state index contributed by atoms with van der Waals surface area (Å²) >= 11 is 0. The van der Waals surface area contributed by atoms with Crippen molar-refractivity contribution in [1.82, 2.24) is 5.43 Å². The number of fused-ring (bicyclic) bond motifs is 1. The van der Waals surface area contributed by atoms with Crippen LogP contribution in [0.15, 0.2) is 65.8 Å². The molecule has 0 fully saturated rings. The van der Waals surface area contributed by atoms with Crippen LogP contribution in [-0.4, -0.2) is 19.2 Å². The van der Waals surface area contributed by atoms with Gasteiger partial charge in [-0.1, -0.05) is 54.6 Å². The van der Waals surface area contributed by atoms with Crippen LogP contribution in [0.5, 0.6) is 5.75 Å². The summed E-state index contributed by atoms with van der Waals surface area (Å²) in [5, 5.41) is 6.26. The zero-order valence-corrected chi connectivity index (χ0v) is 14.3. The van der Waals surface area contributed by atoms with Gasteiger partial charge in [-0.25, -0.2) is 5.43 Å². The Balaban J connectivity index is 1.66. The van der Waals surface area contributed by atoms with E-state index in [1.54, 1.807) is 13.3 Å². The molecule has 0 saturated heterocycles. The standard InChI is InChI=1S/C21H20N2O2/c1-15-10-11-16(12-20(15)25-2)14-22-23-21(24)13-18-8-5-7-17-6-3-4-9-19(17)18/h3-12,14H,13H2,1-2H3,(H,23,24)/b22-14-. The van der Waals surface area contributed by atoms with Crippen molar-refractivity contribution in [3.05, 3.63) is 77.4 Å². The van der Waals surface area contributed by atoms with Crippen molar-refractivity contribution in [1.29, 1.82) is 0 Å². The lowest BCUT2D eigenvalue weighted by Crippen LogP contribution is -2.19. The Morgan fingerprint density at radius 2 is 1.92 bits per heavy atom. The molecule has 3 aromatic rings. The Kier molecular flexibility index (Phi) is 5.09. The number of carbonyl (C=O) groups is 1. The van der Waals surface area contributed by atoms with Gasteiger partial charge in [0.15, 0.2) is 0 Å². The van der Waals surface area contributed by atoms with Crippen molar-refractivity contribution in [2.24, 2.45) is 5.10 Å². The van der Waals surface area contributed by atoms with Gasteiger partial charge in [-0.15, -0.1) is 0 Å². The van der Waals surface area contributed by atoms with Gasteiger partial charge in [0.25, 0.3) is 0 Å². The third kappa shape index (κ3) is 4.04. The zero-order chi connectivity index (χ0) is 17.6. The van der Waals surface area contributed by atoms with Crippen molar-refractivity contribution >= 4 is 22.9 Å². The van der Waals surface area contributed by atoms with Gasteiger partial charge >= 0.3 is 0 Å². The molecule has 0 spiro atoms. The molecule has 0 aliphatic rings. The summed E-state index contributed by atoms with van der Waals surface area (Å²) in [4.78, 5) is 12.2. The maximum absolute atomic E-state index is 12.2. The minimum atomic E-state index is -0.147. The molecule has 0 bridgehead atoms. The van der Waals surface area contributed by atoms with Crippen molar-refractivity contribution in [3.8, 4) is 5.75 Å². The van der Waals surface area contributed by atoms with Crippen LogP contribution in [0.4, 0.5) is 0 Å². The van der Waals surface area contributed by atoms with Crippen molar-refractivity contribution < 1.29 is 9.53 Å². The number of benzene rings is 3. The van der Waals surface area contributed by atoms with E-state index in [0.29, 0.717) is 0 Å². The molecule has 3 aromatic carbocycles. The molecular formula is C21H20N2O2. The minimum Gasteiger partial charge on any atom is -0.496 e. The van der Waals surface area contributed by atoms with Gasteiger partial charge in [-0.2, -0.15) is 5.10 Å². The predicted molar refractivity (Wildman–Crippen MR) is 101 cm³/mol. The number of methoxy groups -OCH3 is 1. The van der Waals surface area contributed by atoms with Crippen LogP contribution >= 0.6 is 0 Å². The van der Waals surface area contributed by atoms with Crippen LogP contribution < -0.4 is 10.2 Å². The maximum Gasteiger partial charge on any atom is 0.244 e. The maximum atomic E-state index is 12.2. The highest BCUT2D eigenvalue weighted by Gasteiger charge is 2.06. The van der Waals surface area contributed by atoms with Gasteiger partial charge in [-0.3, -0.25) is 4.79 Å². The molecule has 0 saturated carbocycles. The molecule has 0 radical (unpaired) electrons. The number of amides is 1. The number of carbonyl (C=O) groups excluding carboxylic acids is 1. The minimum absolute atomic E-state index is 0.147. The molecule has 0 atom stereocenters. The van der Waals surface area contributed by atoms with Crippen molar-refractivity contribution in [2.75, 3.05) is 7.11 Å². The largest absolute Gasteiger partial charge is 0.496 e. The quantitative estimate of drug-likeness (QED) is 0.570. The number of hydrogen-bond donors (Lipinski definition) is 1. The lowest BCUT2D eigenvalue weighted by molar-refractivity contribution is -0.120. The van der Waals surface area contributed by atoms with Gasteiger partial charge in [0.05, 0.1) is 19.7 Å². The number of hydrogen-bond acceptors (Lipinski definition) is 3. The highest BCUT2D eigenvalue weighted by atomic mass is 16.5. The SMILES string of the molecule is COc1cc(/C=N\NC(=O)Cc2cccc3ccccc23)ccc1C. The van der Waals surface area contributed by atoms with Gasteiger partial charge in [-0.05, 0) is 40.5 Å². The number of aryl methyl sites for hydroxylation is 1. The molecule has 25 heavy (non-hydrogen) atoms. The van der Waals surface area contributed by atoms with Crippen LogP contribution in [0.25, 0.3) is 10.8 Å². The number of rotatable bonds is 5. The van der Waals surface area contributed by atoms with E-state index in [1.165, 1.54) is 0 Å². The zero-order valence-electron chi connectivity index (χ0n) is 14.3. The van der Waals surface area contributed by atoms with E-state index in [4.69, 9.17) is 4.74 Å². The molecule has 1 amide bonds. The van der Waals surface area contributed by atoms with E-state index >= 15 is 0 Å². The van der Waals surface area contributed by atoms with E-state index < -0.39 is 0 Å². The van der Waals surface area contributed by atoms with Gasteiger partial charge in [0.1, 0.15) is 5.75 Å². The average molecular weight is 332 g/mol. The van der Waals surface area contributed by atoms with Crippen molar-refractivity contribution in [3.63, 3.8) is 0 Å². The number of hydrazone groups is 1. The van der Waals surface area contributed by atoms with E-state index in [2.05, 4.69) is 10.5 Å². The van der Waals surface area contributed by atoms with Crippen molar-refractivity contribution in [2.45, 2.75) is 13.3 Å². The molecule has 0 unspecified atom stereocenters. The van der Waals surface area contributed by atoms with E-state index in [9.17, 15) is 4.79 Å². The lowest BCUT2D eigenvalue weighted by Gasteiger charge is -2.06. The Morgan fingerprint density at radius 1 is 1.12 bits per heavy atom. The molecule has 3 rings (SSSR count). The highest BCUT2D eigenvalue weighted by Crippen LogP contribution is 2.19. The molecule has 4 heteroatoms. The third-order valence-electron chi connectivity index (χ3n) is 4.07. The van der Waals surface area contributed by atoms with E-state index in [-0.39, 0.29) is 12.3 Å². The van der Waals surface area contributed by atoms with Crippen LogP contribution in [-0.2, 0) is 11.2 Å². The van der Waals surface area contributed by atoms with E-state index in [1.807, 2.05) is 67.6 Å². The van der Waals surface area contributed by atoms with E-state index in [0.717, 1.165) is 33.2 Å². The summed E-state index contributed by atoms with van der Waals surface area (Å²) in [5.74, 6) is 0.651. The molecule has 0 aliphatic heterocycles. The van der Waals surface area contributed by atoms with Crippen LogP contribution in [0.1, 0.15) is 16.7 Å². The molecule has 126 valence electrons. The summed E-state index contributed by atoms with van der Waals surface area (Å²) < 4.78 is 5.28. The fourth-order valence-electron chi connectivity index (χ4n) is 2.75. The Bertz CT molecular complexity index is 927. The second-order valence-electron chi connectivity index (χ2n) is 5.84. The fourth-order valence-corrected chi connectivity index (χ4v) is 2.75.